The lowest BCUT2D eigenvalue weighted by Crippen LogP contribution is -2.47. The monoisotopic (exact) mass is 440 g/mol. The van der Waals surface area contributed by atoms with E-state index in [-0.39, 0.29) is 11.8 Å². The fraction of sp³-hybridized carbons (Fsp3) is 0.417. The van der Waals surface area contributed by atoms with Crippen LogP contribution in [0, 0.1) is 5.92 Å². The maximum Gasteiger partial charge on any atom is 0.225 e. The molecule has 2 fully saturated rings. The van der Waals surface area contributed by atoms with Crippen molar-refractivity contribution < 1.29 is 9.53 Å². The molecule has 0 aliphatic carbocycles. The lowest BCUT2D eigenvalue weighted by Gasteiger charge is -2.35. The van der Waals surface area contributed by atoms with Crippen molar-refractivity contribution in [3.63, 3.8) is 0 Å². The molecule has 2 aromatic rings. The second-order valence-electron chi connectivity index (χ2n) is 7.90. The number of carbonyl (C=O) groups excluding carboxylic acids is 1. The smallest absolute Gasteiger partial charge is 0.225 e. The van der Waals surface area contributed by atoms with Crippen LogP contribution in [-0.4, -0.2) is 60.0 Å². The summed E-state index contributed by atoms with van der Waals surface area (Å²) >= 11 is 6.07. The molecular formula is C24H29ClN4O2. The highest BCUT2D eigenvalue weighted by Crippen LogP contribution is 2.23. The molecule has 2 aliphatic heterocycles. The van der Waals surface area contributed by atoms with Crippen molar-refractivity contribution in [2.45, 2.75) is 19.8 Å². The highest BCUT2D eigenvalue weighted by molar-refractivity contribution is 6.30. The van der Waals surface area contributed by atoms with E-state index < -0.39 is 0 Å². The standard InChI is InChI=1S/C24H29ClN4O2/c1-3-5-21-22(4-2)29(20-8-6-19(25)7-9-20)26-23(21)27-12-10-18(11-13-27)24(30)28-14-16-31-17-15-28/h3-9,18H,1,10-17H2,2H3/b21-5+,22-4+. The van der Waals surface area contributed by atoms with Crippen molar-refractivity contribution in [3.8, 4) is 5.69 Å². The van der Waals surface area contributed by atoms with Crippen molar-refractivity contribution >= 4 is 35.5 Å². The van der Waals surface area contributed by atoms with Gasteiger partial charge in [-0.2, -0.15) is 0 Å². The summed E-state index contributed by atoms with van der Waals surface area (Å²) in [5, 5.41) is 7.72. The maximum absolute atomic E-state index is 12.9. The molecule has 2 saturated heterocycles. The topological polar surface area (TPSA) is 50.6 Å². The zero-order valence-corrected chi connectivity index (χ0v) is 18.7. The van der Waals surface area contributed by atoms with Crippen LogP contribution in [0.4, 0.5) is 5.82 Å². The Kier molecular flexibility index (Phi) is 6.78. The normalized spacial score (nSPS) is 19.2. The quantitative estimate of drug-likeness (QED) is 0.732. The highest BCUT2D eigenvalue weighted by atomic mass is 35.5. The second kappa shape index (κ2) is 9.71. The van der Waals surface area contributed by atoms with Crippen LogP contribution in [0.15, 0.2) is 36.9 Å². The Morgan fingerprint density at radius 1 is 1.16 bits per heavy atom. The molecule has 0 bridgehead atoms. The number of anilines is 1. The van der Waals surface area contributed by atoms with Crippen molar-refractivity contribution in [1.29, 1.82) is 0 Å². The van der Waals surface area contributed by atoms with Crippen LogP contribution < -0.4 is 15.5 Å². The van der Waals surface area contributed by atoms with Gasteiger partial charge in [-0.25, -0.2) is 4.68 Å². The summed E-state index contributed by atoms with van der Waals surface area (Å²) in [7, 11) is 0. The van der Waals surface area contributed by atoms with E-state index in [9.17, 15) is 4.79 Å². The van der Waals surface area contributed by atoms with E-state index in [1.54, 1.807) is 6.08 Å². The number of ether oxygens (including phenoxy) is 1. The number of hydrogen-bond acceptors (Lipinski definition) is 4. The van der Waals surface area contributed by atoms with Crippen molar-refractivity contribution in [2.75, 3.05) is 44.3 Å². The van der Waals surface area contributed by atoms with Crippen LogP contribution in [0.5, 0.6) is 0 Å². The van der Waals surface area contributed by atoms with Crippen molar-refractivity contribution in [1.82, 2.24) is 14.7 Å². The van der Waals surface area contributed by atoms with Gasteiger partial charge >= 0.3 is 0 Å². The third kappa shape index (κ3) is 4.55. The van der Waals surface area contributed by atoms with Crippen LogP contribution in [0.1, 0.15) is 19.8 Å². The number of morpholine rings is 1. The van der Waals surface area contributed by atoms with E-state index in [2.05, 4.69) is 17.6 Å². The highest BCUT2D eigenvalue weighted by Gasteiger charge is 2.30. The van der Waals surface area contributed by atoms with Crippen molar-refractivity contribution in [2.24, 2.45) is 5.92 Å². The molecule has 6 nitrogen and oxygen atoms in total. The van der Waals surface area contributed by atoms with Gasteiger partial charge in [0.1, 0.15) is 0 Å². The summed E-state index contributed by atoms with van der Waals surface area (Å²) in [6, 6.07) is 7.68. The number of nitrogens with zero attached hydrogens (tertiary/aromatic N) is 4. The van der Waals surface area contributed by atoms with E-state index in [0.29, 0.717) is 31.3 Å². The average Bonchev–Trinajstić information content (AvgIpc) is 3.18. The minimum absolute atomic E-state index is 0.0803. The van der Waals surface area contributed by atoms with Crippen LogP contribution in [-0.2, 0) is 9.53 Å². The molecule has 0 N–H and O–H groups in total. The van der Waals surface area contributed by atoms with Gasteiger partial charge in [0.15, 0.2) is 5.82 Å². The molecule has 31 heavy (non-hydrogen) atoms. The molecule has 0 radical (unpaired) electrons. The van der Waals surface area contributed by atoms with Gasteiger partial charge in [-0.15, -0.1) is 5.10 Å². The Bertz CT molecular complexity index is 1050. The maximum atomic E-state index is 12.9. The third-order valence-electron chi connectivity index (χ3n) is 6.04. The zero-order chi connectivity index (χ0) is 21.8. The van der Waals surface area contributed by atoms with Gasteiger partial charge in [0.25, 0.3) is 0 Å². The van der Waals surface area contributed by atoms with Gasteiger partial charge in [-0.3, -0.25) is 4.79 Å². The van der Waals surface area contributed by atoms with E-state index in [1.807, 2.05) is 46.8 Å². The summed E-state index contributed by atoms with van der Waals surface area (Å²) in [5.41, 5.74) is 0.958. The van der Waals surface area contributed by atoms with Gasteiger partial charge < -0.3 is 14.5 Å². The fourth-order valence-corrected chi connectivity index (χ4v) is 4.51. The first-order valence-corrected chi connectivity index (χ1v) is 11.3. The molecule has 7 heteroatoms. The Labute approximate surface area is 188 Å². The predicted molar refractivity (Wildman–Crippen MR) is 125 cm³/mol. The lowest BCUT2D eigenvalue weighted by molar-refractivity contribution is -0.140. The molecule has 1 amide bonds. The number of aromatic nitrogens is 2. The summed E-state index contributed by atoms with van der Waals surface area (Å²) in [6.45, 7) is 10.2. The minimum Gasteiger partial charge on any atom is -0.378 e. The molecule has 3 heterocycles. The van der Waals surface area contributed by atoms with Gasteiger partial charge in [0.2, 0.25) is 5.91 Å². The van der Waals surface area contributed by atoms with Crippen LogP contribution in [0.3, 0.4) is 0 Å². The van der Waals surface area contributed by atoms with E-state index in [0.717, 1.165) is 48.0 Å². The Morgan fingerprint density at radius 3 is 2.45 bits per heavy atom. The SMILES string of the molecule is C=C/C=c1/c(N2CCC(C(=O)N3CCOCC3)CC2)nn(-c2ccc(Cl)cc2)/c1=C/C. The van der Waals surface area contributed by atoms with Crippen LogP contribution in [0.25, 0.3) is 17.8 Å². The average molecular weight is 441 g/mol. The Morgan fingerprint density at radius 2 is 1.84 bits per heavy atom. The van der Waals surface area contributed by atoms with Crippen molar-refractivity contribution in [3.05, 3.63) is 52.5 Å². The number of allylic oxidation sites excluding steroid dienone is 1. The van der Waals surface area contributed by atoms with E-state index >= 15 is 0 Å². The molecule has 0 atom stereocenters. The Balaban J connectivity index is 1.58. The molecular weight excluding hydrogens is 412 g/mol. The molecule has 0 unspecified atom stereocenters. The summed E-state index contributed by atoms with van der Waals surface area (Å²) in [5.74, 6) is 1.28. The molecule has 2 aliphatic rings. The molecule has 1 aromatic carbocycles. The zero-order valence-electron chi connectivity index (χ0n) is 18.0. The Hall–Kier alpha value is -2.57. The predicted octanol–water partition coefficient (Wildman–Crippen LogP) is 2.37. The number of halogens is 1. The number of benzene rings is 1. The van der Waals surface area contributed by atoms with E-state index in [4.69, 9.17) is 21.4 Å². The summed E-state index contributed by atoms with van der Waals surface area (Å²) in [4.78, 5) is 17.1. The minimum atomic E-state index is 0.0803. The summed E-state index contributed by atoms with van der Waals surface area (Å²) in [6.07, 6.45) is 7.55. The number of hydrogen-bond donors (Lipinski definition) is 0. The number of carbonyl (C=O) groups is 1. The first-order valence-electron chi connectivity index (χ1n) is 10.9. The molecule has 1 aromatic heterocycles. The van der Waals surface area contributed by atoms with Gasteiger partial charge in [0.05, 0.1) is 24.3 Å². The first kappa shape index (κ1) is 21.7. The molecule has 0 spiro atoms. The van der Waals surface area contributed by atoms with Crippen LogP contribution >= 0.6 is 11.6 Å². The van der Waals surface area contributed by atoms with Gasteiger partial charge in [-0.05, 0) is 50.1 Å². The second-order valence-corrected chi connectivity index (χ2v) is 8.34. The van der Waals surface area contributed by atoms with Gasteiger partial charge in [-0.1, -0.05) is 30.3 Å². The number of amides is 1. The number of piperidine rings is 1. The fourth-order valence-electron chi connectivity index (χ4n) is 4.38. The largest absolute Gasteiger partial charge is 0.378 e. The molecule has 164 valence electrons. The van der Waals surface area contributed by atoms with Crippen LogP contribution in [0.2, 0.25) is 5.02 Å². The number of rotatable bonds is 4. The third-order valence-corrected chi connectivity index (χ3v) is 6.29. The first-order chi connectivity index (χ1) is 15.1. The molecule has 0 saturated carbocycles. The van der Waals surface area contributed by atoms with Gasteiger partial charge in [0, 0.05) is 42.3 Å². The lowest BCUT2D eigenvalue weighted by atomic mass is 9.95. The summed E-state index contributed by atoms with van der Waals surface area (Å²) < 4.78 is 7.33. The van der Waals surface area contributed by atoms with E-state index in [1.165, 1.54) is 0 Å². The molecule has 4 rings (SSSR count).